The van der Waals surface area contributed by atoms with Crippen LogP contribution in [0.15, 0.2) is 0 Å². The highest BCUT2D eigenvalue weighted by Gasteiger charge is 3.13. The first-order valence-electron chi connectivity index (χ1n) is 61.5. The van der Waals surface area contributed by atoms with Crippen molar-refractivity contribution in [3.63, 3.8) is 0 Å². The second-order valence-corrected chi connectivity index (χ2v) is 336. The summed E-state index contributed by atoms with van der Waals surface area (Å²) < 4.78 is 0. The summed E-state index contributed by atoms with van der Waals surface area (Å²) in [5.41, 5.74) is 0. The minimum absolute atomic E-state index is 0.0562. The van der Waals surface area contributed by atoms with Gasteiger partial charge in [-0.15, -0.1) is 0 Å². The van der Waals surface area contributed by atoms with Crippen molar-refractivity contribution < 1.29 is 0 Å². The topological polar surface area (TPSA) is 0 Å². The maximum atomic E-state index is 3.87. The quantitative estimate of drug-likeness (QED) is 0.120. The Morgan fingerprint density at radius 2 is 0.135 bits per heavy atom. The molecule has 0 bridgehead atoms. The van der Waals surface area contributed by atoms with Gasteiger partial charge in [0.15, 0.2) is 0 Å². The van der Waals surface area contributed by atoms with Crippen molar-refractivity contribution in [2.45, 2.75) is 814 Å². The van der Waals surface area contributed by atoms with Crippen molar-refractivity contribution in [3.05, 3.63) is 0 Å². The standard InChI is InChI=1S/C126H294Si22/c1-99(2,3)129(85,100(4,5)6)127-128(130(86,101(7,8)9)102(10,11)12)144(147(137(93,115(49,50)51)116(52,53)54,138(94,117(55,56)57)118(58,59)60)139(95,119(61,62)63)120(64,65)66,148(140(96,121(67,68)69)122(70,71)72,141(97,123(73,74)75)124(76,77)78)142(98,125(79,80)81)126(82,83)84)143(127,145(131(87,103(13,14)15)104(16,17)18,132(88,105(19,20)21)106(22,23)24)133(89,107(25,26)27)108(28,29)30)146(134(90,109(31,32)33)110(34,35)36,135(91,111(37,38)39)112(40,41)42)136(92,113(43,44)45)114(46,47)48/h1-98H3. The lowest BCUT2D eigenvalue weighted by Crippen LogP contribution is -3.35. The van der Waals surface area contributed by atoms with Crippen molar-refractivity contribution in [1.29, 1.82) is 0 Å². The maximum Gasteiger partial charge on any atom is 0.0629 e. The molecule has 1 aliphatic rings. The lowest BCUT2D eigenvalue weighted by atomic mass is 10.2. The highest BCUT2D eigenvalue weighted by atomic mass is 30.9. The van der Waals surface area contributed by atoms with Gasteiger partial charge in [0.1, 0.15) is 0 Å². The summed E-state index contributed by atoms with van der Waals surface area (Å²) in [6.45, 7) is 331. The number of hydrogen-bond acceptors (Lipinski definition) is 0. The van der Waals surface area contributed by atoms with E-state index in [1.165, 1.54) is 0 Å². The molecule has 0 amide bonds. The van der Waals surface area contributed by atoms with Gasteiger partial charge in [-0.05, 0) is 155 Å². The summed E-state index contributed by atoms with van der Waals surface area (Å²) in [5.74, 6) is 0. The van der Waals surface area contributed by atoms with Crippen LogP contribution in [0.1, 0.15) is 582 Å². The largest absolute Gasteiger partial charge is 0.0709 e. The molecule has 0 fully saturated rings. The number of rotatable bonds is 18. The predicted molar refractivity (Wildman–Crippen MR) is 761 cm³/mol. The van der Waals surface area contributed by atoms with E-state index in [2.05, 4.69) is 673 Å². The van der Waals surface area contributed by atoms with Crippen LogP contribution in [-0.2, 0) is 0 Å². The summed E-state index contributed by atoms with van der Waals surface area (Å²) in [5, 5.41) is -3.03. The lowest BCUT2D eigenvalue weighted by Gasteiger charge is -3.04. The van der Waals surface area contributed by atoms with E-state index in [1.807, 2.05) is 0 Å². The van der Waals surface area contributed by atoms with Gasteiger partial charge in [0.05, 0.1) is 15.2 Å². The van der Waals surface area contributed by atoms with Crippen LogP contribution in [0.5, 0.6) is 0 Å². The van der Waals surface area contributed by atoms with E-state index < -0.39 is 157 Å². The van der Waals surface area contributed by atoms with Crippen molar-refractivity contribution in [2.75, 3.05) is 0 Å². The van der Waals surface area contributed by atoms with Gasteiger partial charge in [0, 0.05) is 128 Å². The molecule has 1 rings (SSSR count). The zero-order valence-corrected chi connectivity index (χ0v) is 145. The van der Waals surface area contributed by atoms with Crippen LogP contribution < -0.4 is 0 Å². The fourth-order valence-electron chi connectivity index (χ4n) is 45.6. The normalized spacial score (nSPS) is 18.7. The summed E-state index contributed by atoms with van der Waals surface area (Å²) in [4.78, 5) is 0. The Balaban J connectivity index is 12.4. The van der Waals surface area contributed by atoms with Crippen LogP contribution in [0.4, 0.5) is 0 Å². The Labute approximate surface area is 961 Å². The summed E-state index contributed by atoms with van der Waals surface area (Å²) in [6, 6.07) is 0. The smallest absolute Gasteiger partial charge is 0.0629 e. The van der Waals surface area contributed by atoms with Crippen LogP contribution >= 0.6 is 0 Å². The molecule has 0 aromatic heterocycles. The molecule has 1 aliphatic heterocycles. The molecule has 0 saturated heterocycles. The zero-order valence-electron chi connectivity index (χ0n) is 123. The highest BCUT2D eigenvalue weighted by molar-refractivity contribution is 8.64. The maximum absolute atomic E-state index is 4.84. The molecule has 886 valence electrons. The Morgan fingerprint density at radius 1 is 0.0878 bits per heavy atom. The van der Waals surface area contributed by atoms with Crippen LogP contribution in [0.3, 0.4) is 0 Å². The molecule has 0 radical (unpaired) electrons. The van der Waals surface area contributed by atoms with Crippen LogP contribution in [0, 0.1) is 0 Å². The predicted octanol–water partition coefficient (Wildman–Crippen LogP) is 48.9. The Hall–Kier alpha value is 4.77. The molecule has 0 unspecified atom stereocenters. The van der Waals surface area contributed by atoms with Crippen molar-refractivity contribution in [2.24, 2.45) is 0 Å². The summed E-state index contributed by atoms with van der Waals surface area (Å²) in [6.07, 6.45) is -27.5. The second kappa shape index (κ2) is 38.7. The molecule has 0 aromatic rings. The highest BCUT2D eigenvalue weighted by Crippen LogP contribution is 2.92. The Bertz CT molecular complexity index is 3580. The van der Waals surface area contributed by atoms with Crippen molar-refractivity contribution in [3.8, 4) is 0 Å². The first-order chi connectivity index (χ1) is 61.7. The monoisotopic (exact) mass is 2420 g/mol. The SMILES string of the molecule is CC(C)(C)[Si](C)([Si]1=[Si]([Si](C)(C(C)(C)C)C(C)(C)C)[Si]([Si]([Si](C)(C(C)(C)C)C(C)(C)C)([Si](C)(C(C)(C)C)C(C)(C)C)[Si](C)(C(C)(C)C)C(C)(C)C)([Si]([Si](C)(C(C)(C)C)C(C)(C)C)([Si](C)(C(C)(C)C)C(C)(C)C)[Si](C)(C(C)(C)C)C(C)(C)C)[Si]1([Si]([Si](C)(C(C)(C)C)C(C)(C)C)([Si](C)(C(C)(C)C)C(C)(C)C)[Si](C)(C(C)(C)C)C(C)(C)C)[Si]([Si](C)(C(C)(C)C)C(C)(C)C)([Si](C)(C(C)(C)C)C(C)(C)C)[Si](C)(C(C)(C)C)C(C)(C)C)C(C)(C)C. The van der Waals surface area contributed by atoms with E-state index in [-0.39, 0.29) is 141 Å². The third-order valence-electron chi connectivity index (χ3n) is 55.8. The molecule has 22 heteroatoms. The molecular weight excluding hydrogens is 2130 g/mol. The van der Waals surface area contributed by atoms with E-state index >= 15 is 0 Å². The van der Waals surface area contributed by atoms with E-state index in [9.17, 15) is 0 Å². The fourth-order valence-corrected chi connectivity index (χ4v) is 1830. The molecule has 0 N–H and O–H groups in total. The van der Waals surface area contributed by atoms with E-state index in [4.69, 9.17) is 0 Å². The van der Waals surface area contributed by atoms with Gasteiger partial charge in [-0.1, -0.05) is 673 Å². The van der Waals surface area contributed by atoms with Crippen LogP contribution in [-0.4, -0.2) is 157 Å². The second-order valence-electron chi connectivity index (χ2n) is 84.0. The fraction of sp³-hybridized carbons (Fsp3) is 1.00. The first-order valence-corrected chi connectivity index (χ1v) is 134. The molecule has 1 heterocycles. The molecule has 0 aliphatic carbocycles. The van der Waals surface area contributed by atoms with E-state index in [1.54, 1.807) is 0 Å². The molecule has 0 saturated carbocycles. The number of hydrogen-bond donors (Lipinski definition) is 0. The Kier molecular flexibility index (Phi) is 39.4. The average molecular weight is 2430 g/mol. The van der Waals surface area contributed by atoms with Gasteiger partial charge in [0.25, 0.3) is 0 Å². The van der Waals surface area contributed by atoms with Crippen LogP contribution in [0.2, 0.25) is 233 Å². The average Bonchev–Trinajstić information content (AvgIpc) is 0.552. The summed E-state index contributed by atoms with van der Waals surface area (Å²) >= 11 is 0. The molecule has 0 aromatic carbocycles. The van der Waals surface area contributed by atoms with Gasteiger partial charge in [-0.25, -0.2) is 0 Å². The third-order valence-corrected chi connectivity index (χ3v) is 768. The van der Waals surface area contributed by atoms with Gasteiger partial charge in [-0.2, -0.15) is 0 Å². The molecule has 0 spiro atoms. The third kappa shape index (κ3) is 17.6. The van der Waals surface area contributed by atoms with Gasteiger partial charge >= 0.3 is 0 Å². The van der Waals surface area contributed by atoms with E-state index in [0.717, 1.165) is 0 Å². The summed E-state index contributed by atoms with van der Waals surface area (Å²) in [7, 11) is -53.3. The van der Waals surface area contributed by atoms with Gasteiger partial charge in [0.2, 0.25) is 0 Å². The minimum Gasteiger partial charge on any atom is -0.0709 e. The zero-order chi connectivity index (χ0) is 123. The van der Waals surface area contributed by atoms with Crippen molar-refractivity contribution in [1.82, 2.24) is 0 Å². The molecular formula is C126H294Si22. The van der Waals surface area contributed by atoms with Gasteiger partial charge < -0.3 is 0 Å². The van der Waals surface area contributed by atoms with E-state index in [0.29, 0.717) is 0 Å². The lowest BCUT2D eigenvalue weighted by molar-refractivity contribution is 0.611. The molecule has 0 nitrogen and oxygen atoms in total. The Morgan fingerprint density at radius 3 is 0.169 bits per heavy atom. The minimum atomic E-state index is -4.84. The molecule has 0 atom stereocenters. The molecule has 148 heavy (non-hydrogen) atoms. The first kappa shape index (κ1) is 151. The van der Waals surface area contributed by atoms with Crippen LogP contribution in [0.25, 0.3) is 0 Å². The van der Waals surface area contributed by atoms with Crippen molar-refractivity contribution >= 4 is 157 Å². The van der Waals surface area contributed by atoms with Gasteiger partial charge in [-0.3, -0.25) is 0 Å².